The summed E-state index contributed by atoms with van der Waals surface area (Å²) in [5.74, 6) is 0.451. The molecule has 0 unspecified atom stereocenters. The number of carbonyl (C=O) groups is 1. The van der Waals surface area contributed by atoms with Crippen molar-refractivity contribution in [2.45, 2.75) is 65.5 Å². The van der Waals surface area contributed by atoms with Crippen molar-refractivity contribution >= 4 is 5.78 Å². The molecule has 0 aliphatic rings. The Balaban J connectivity index is 4.05. The van der Waals surface area contributed by atoms with Gasteiger partial charge in [-0.25, -0.2) is 0 Å². The first-order valence-corrected chi connectivity index (χ1v) is 6.48. The van der Waals surface area contributed by atoms with E-state index in [2.05, 4.69) is 19.2 Å². The minimum Gasteiger partial charge on any atom is -0.330 e. The van der Waals surface area contributed by atoms with Crippen LogP contribution in [0.1, 0.15) is 53.4 Å². The van der Waals surface area contributed by atoms with E-state index in [4.69, 9.17) is 5.73 Å². The topological polar surface area (TPSA) is 55.1 Å². The molecule has 0 radical (unpaired) electrons. The maximum Gasteiger partial charge on any atom is 0.152 e. The molecule has 0 spiro atoms. The number of ketones is 1. The van der Waals surface area contributed by atoms with Crippen molar-refractivity contribution in [1.82, 2.24) is 5.32 Å². The third kappa shape index (κ3) is 6.96. The average molecular weight is 228 g/mol. The second kappa shape index (κ2) is 8.71. The molecule has 96 valence electrons. The van der Waals surface area contributed by atoms with Gasteiger partial charge < -0.3 is 11.1 Å². The highest BCUT2D eigenvalue weighted by atomic mass is 16.1. The zero-order valence-corrected chi connectivity index (χ0v) is 11.3. The summed E-state index contributed by atoms with van der Waals surface area (Å²) in [6.07, 6.45) is 4.21. The normalized spacial score (nSPS) is 13.4. The van der Waals surface area contributed by atoms with Crippen molar-refractivity contribution in [2.75, 3.05) is 6.54 Å². The predicted molar refractivity (Wildman–Crippen MR) is 69.4 cm³/mol. The third-order valence-corrected chi connectivity index (χ3v) is 2.64. The number of unbranched alkanes of at least 4 members (excludes halogenated alkanes) is 2. The van der Waals surface area contributed by atoms with E-state index in [9.17, 15) is 4.79 Å². The Morgan fingerprint density at radius 3 is 2.19 bits per heavy atom. The van der Waals surface area contributed by atoms with E-state index in [0.717, 1.165) is 32.2 Å². The summed E-state index contributed by atoms with van der Waals surface area (Å²) >= 11 is 0. The Hall–Kier alpha value is -0.410. The van der Waals surface area contributed by atoms with Gasteiger partial charge in [0.05, 0.1) is 6.04 Å². The zero-order valence-electron chi connectivity index (χ0n) is 11.3. The lowest BCUT2D eigenvalue weighted by molar-refractivity contribution is -0.124. The largest absolute Gasteiger partial charge is 0.330 e. The summed E-state index contributed by atoms with van der Waals surface area (Å²) in [4.78, 5) is 12.0. The standard InChI is InChI=1S/C13H28N2O/c1-10(2)13(16)12(15-11(3)4)8-6-5-7-9-14/h10-12,15H,5-9,14H2,1-4H3/t12-/m0/s1. The van der Waals surface area contributed by atoms with Gasteiger partial charge >= 0.3 is 0 Å². The molecule has 0 saturated heterocycles. The first-order valence-electron chi connectivity index (χ1n) is 6.48. The van der Waals surface area contributed by atoms with E-state index in [1.807, 2.05) is 13.8 Å². The lowest BCUT2D eigenvalue weighted by Gasteiger charge is -2.21. The van der Waals surface area contributed by atoms with Gasteiger partial charge in [0.25, 0.3) is 0 Å². The SMILES string of the molecule is CC(C)N[C@@H](CCCCCN)C(=O)C(C)C. The summed E-state index contributed by atoms with van der Waals surface area (Å²) in [6, 6.07) is 0.389. The lowest BCUT2D eigenvalue weighted by atomic mass is 9.96. The molecule has 16 heavy (non-hydrogen) atoms. The molecule has 0 rings (SSSR count). The van der Waals surface area contributed by atoms with Crippen molar-refractivity contribution in [2.24, 2.45) is 11.7 Å². The zero-order chi connectivity index (χ0) is 12.6. The number of Topliss-reactive ketones (excluding diaryl/α,β-unsaturated/α-hetero) is 1. The Morgan fingerprint density at radius 1 is 1.12 bits per heavy atom. The summed E-state index contributed by atoms with van der Waals surface area (Å²) in [5.41, 5.74) is 5.45. The van der Waals surface area contributed by atoms with E-state index >= 15 is 0 Å². The molecule has 0 saturated carbocycles. The molecule has 0 aromatic heterocycles. The van der Waals surface area contributed by atoms with Crippen LogP contribution >= 0.6 is 0 Å². The van der Waals surface area contributed by atoms with E-state index in [1.165, 1.54) is 0 Å². The molecular formula is C13H28N2O. The Morgan fingerprint density at radius 2 is 1.75 bits per heavy atom. The second-order valence-corrected chi connectivity index (χ2v) is 5.07. The second-order valence-electron chi connectivity index (χ2n) is 5.07. The van der Waals surface area contributed by atoms with Gasteiger partial charge in [-0.3, -0.25) is 4.79 Å². The van der Waals surface area contributed by atoms with Gasteiger partial charge in [0.15, 0.2) is 5.78 Å². The first-order chi connectivity index (χ1) is 7.49. The number of hydrogen-bond acceptors (Lipinski definition) is 3. The molecule has 0 aromatic carbocycles. The van der Waals surface area contributed by atoms with Crippen LogP contribution in [0.3, 0.4) is 0 Å². The third-order valence-electron chi connectivity index (χ3n) is 2.64. The molecule has 0 aliphatic carbocycles. The Labute approximate surface area is 100 Å². The molecule has 0 aliphatic heterocycles. The van der Waals surface area contributed by atoms with Crippen molar-refractivity contribution in [3.05, 3.63) is 0 Å². The van der Waals surface area contributed by atoms with E-state index in [1.54, 1.807) is 0 Å². The molecular weight excluding hydrogens is 200 g/mol. The van der Waals surface area contributed by atoms with Crippen molar-refractivity contribution in [3.8, 4) is 0 Å². The number of rotatable bonds is 9. The monoisotopic (exact) mass is 228 g/mol. The number of carbonyl (C=O) groups excluding carboxylic acids is 1. The van der Waals surface area contributed by atoms with Crippen LogP contribution < -0.4 is 11.1 Å². The van der Waals surface area contributed by atoms with Crippen LogP contribution in [0.15, 0.2) is 0 Å². The van der Waals surface area contributed by atoms with Crippen molar-refractivity contribution < 1.29 is 4.79 Å². The molecule has 0 aromatic rings. The summed E-state index contributed by atoms with van der Waals surface area (Å²) < 4.78 is 0. The van der Waals surface area contributed by atoms with Crippen LogP contribution in [0.4, 0.5) is 0 Å². The molecule has 0 heterocycles. The van der Waals surface area contributed by atoms with Crippen molar-refractivity contribution in [1.29, 1.82) is 0 Å². The Kier molecular flexibility index (Phi) is 8.49. The highest BCUT2D eigenvalue weighted by Crippen LogP contribution is 2.09. The highest BCUT2D eigenvalue weighted by Gasteiger charge is 2.20. The minimum absolute atomic E-state index is 0.0257. The van der Waals surface area contributed by atoms with Crippen LogP contribution in [-0.2, 0) is 4.79 Å². The maximum absolute atomic E-state index is 12.0. The molecule has 0 bridgehead atoms. The summed E-state index contributed by atoms with van der Waals surface area (Å²) in [6.45, 7) is 8.86. The van der Waals surface area contributed by atoms with Gasteiger partial charge in [-0.15, -0.1) is 0 Å². The van der Waals surface area contributed by atoms with Gasteiger partial charge in [-0.05, 0) is 19.4 Å². The Bertz CT molecular complexity index is 190. The fourth-order valence-corrected chi connectivity index (χ4v) is 1.78. The highest BCUT2D eigenvalue weighted by molar-refractivity contribution is 5.85. The van der Waals surface area contributed by atoms with Gasteiger partial charge in [-0.1, -0.05) is 40.5 Å². The predicted octanol–water partition coefficient (Wildman–Crippen LogP) is 2.10. The average Bonchev–Trinajstić information content (AvgIpc) is 2.20. The van der Waals surface area contributed by atoms with E-state index in [-0.39, 0.29) is 12.0 Å². The van der Waals surface area contributed by atoms with E-state index < -0.39 is 0 Å². The summed E-state index contributed by atoms with van der Waals surface area (Å²) in [7, 11) is 0. The van der Waals surface area contributed by atoms with E-state index in [0.29, 0.717) is 11.8 Å². The smallest absolute Gasteiger partial charge is 0.152 e. The number of nitrogens with one attached hydrogen (secondary N) is 1. The summed E-state index contributed by atoms with van der Waals surface area (Å²) in [5, 5.41) is 3.36. The van der Waals surface area contributed by atoms with Gasteiger partial charge in [-0.2, -0.15) is 0 Å². The first kappa shape index (κ1) is 15.6. The number of hydrogen-bond donors (Lipinski definition) is 2. The minimum atomic E-state index is 0.0257. The van der Waals surface area contributed by atoms with Crippen LogP contribution in [0.2, 0.25) is 0 Å². The molecule has 0 amide bonds. The molecule has 0 fully saturated rings. The molecule has 3 nitrogen and oxygen atoms in total. The molecule has 3 N–H and O–H groups in total. The quantitative estimate of drug-likeness (QED) is 0.594. The number of nitrogens with two attached hydrogens (primary N) is 1. The fourth-order valence-electron chi connectivity index (χ4n) is 1.78. The van der Waals surface area contributed by atoms with Gasteiger partial charge in [0.2, 0.25) is 0 Å². The lowest BCUT2D eigenvalue weighted by Crippen LogP contribution is -2.42. The fraction of sp³-hybridized carbons (Fsp3) is 0.923. The maximum atomic E-state index is 12.0. The van der Waals surface area contributed by atoms with Crippen molar-refractivity contribution in [3.63, 3.8) is 0 Å². The molecule has 1 atom stereocenters. The van der Waals surface area contributed by atoms with Gasteiger partial charge in [0, 0.05) is 12.0 Å². The van der Waals surface area contributed by atoms with Crippen LogP contribution in [0.5, 0.6) is 0 Å². The van der Waals surface area contributed by atoms with Gasteiger partial charge in [0.1, 0.15) is 0 Å². The van der Waals surface area contributed by atoms with Crippen LogP contribution in [0.25, 0.3) is 0 Å². The van der Waals surface area contributed by atoms with Crippen LogP contribution in [-0.4, -0.2) is 24.4 Å². The van der Waals surface area contributed by atoms with Crippen LogP contribution in [0, 0.1) is 5.92 Å². The molecule has 3 heteroatoms.